The number of nitrogens with zero attached hydrogens (tertiary/aromatic N) is 1. The highest BCUT2D eigenvalue weighted by Gasteiger charge is 2.32. The molecule has 1 N–H and O–H groups in total. The number of rotatable bonds is 4. The van der Waals surface area contributed by atoms with Gasteiger partial charge in [-0.3, -0.25) is 4.90 Å². The fraction of sp³-hybridized carbons (Fsp3) is 0.625. The number of benzene rings is 1. The topological polar surface area (TPSA) is 15.3 Å². The Morgan fingerprint density at radius 1 is 1.33 bits per heavy atom. The Bertz CT molecular complexity index is 363. The molecular formula is C16H26N2. The second-order valence-corrected chi connectivity index (χ2v) is 5.87. The van der Waals surface area contributed by atoms with Crippen LogP contribution in [0.5, 0.6) is 0 Å². The van der Waals surface area contributed by atoms with Crippen LogP contribution in [0.15, 0.2) is 30.3 Å². The monoisotopic (exact) mass is 246 g/mol. The fourth-order valence-corrected chi connectivity index (χ4v) is 2.80. The lowest BCUT2D eigenvalue weighted by Gasteiger charge is -2.42. The van der Waals surface area contributed by atoms with Gasteiger partial charge in [-0.1, -0.05) is 50.6 Å². The summed E-state index contributed by atoms with van der Waals surface area (Å²) in [7, 11) is 0. The summed E-state index contributed by atoms with van der Waals surface area (Å²) >= 11 is 0. The lowest BCUT2D eigenvalue weighted by molar-refractivity contribution is 0.126. The van der Waals surface area contributed by atoms with Crippen molar-refractivity contribution < 1.29 is 0 Å². The smallest absolute Gasteiger partial charge is 0.0535 e. The zero-order valence-corrected chi connectivity index (χ0v) is 11.9. The van der Waals surface area contributed by atoms with Gasteiger partial charge in [0.25, 0.3) is 0 Å². The van der Waals surface area contributed by atoms with E-state index in [1.807, 2.05) is 0 Å². The van der Waals surface area contributed by atoms with Crippen LogP contribution in [0.2, 0.25) is 0 Å². The average molecular weight is 246 g/mol. The Balaban J connectivity index is 2.05. The maximum Gasteiger partial charge on any atom is 0.0535 e. The summed E-state index contributed by atoms with van der Waals surface area (Å²) in [6.45, 7) is 11.5. The fourth-order valence-electron chi connectivity index (χ4n) is 2.80. The summed E-state index contributed by atoms with van der Waals surface area (Å²) in [5.74, 6) is 0.795. The molecule has 1 aromatic carbocycles. The molecule has 2 atom stereocenters. The van der Waals surface area contributed by atoms with E-state index in [2.05, 4.69) is 61.3 Å². The summed E-state index contributed by atoms with van der Waals surface area (Å²) in [6, 6.07) is 10.8. The van der Waals surface area contributed by atoms with Gasteiger partial charge in [0.1, 0.15) is 0 Å². The maximum atomic E-state index is 3.69. The van der Waals surface area contributed by atoms with Crippen LogP contribution in [0.25, 0.3) is 0 Å². The van der Waals surface area contributed by atoms with Gasteiger partial charge in [-0.25, -0.2) is 0 Å². The molecule has 100 valence electrons. The van der Waals surface area contributed by atoms with Crippen molar-refractivity contribution in [2.45, 2.75) is 32.7 Å². The first-order valence-electron chi connectivity index (χ1n) is 7.17. The van der Waals surface area contributed by atoms with Crippen LogP contribution in [0.1, 0.15) is 32.8 Å². The zero-order valence-electron chi connectivity index (χ0n) is 11.9. The lowest BCUT2D eigenvalue weighted by Crippen LogP contribution is -2.57. The Kier molecular flexibility index (Phi) is 4.41. The molecule has 2 nitrogen and oxygen atoms in total. The highest BCUT2D eigenvalue weighted by atomic mass is 15.2. The van der Waals surface area contributed by atoms with Gasteiger partial charge < -0.3 is 5.32 Å². The van der Waals surface area contributed by atoms with Crippen molar-refractivity contribution in [1.29, 1.82) is 0 Å². The van der Waals surface area contributed by atoms with Gasteiger partial charge in [0.2, 0.25) is 0 Å². The SMILES string of the molecule is CCC(C)CN1CCNC(C)(c2ccccc2)C1. The van der Waals surface area contributed by atoms with Crippen LogP contribution in [0.4, 0.5) is 0 Å². The summed E-state index contributed by atoms with van der Waals surface area (Å²) in [5, 5.41) is 3.69. The third kappa shape index (κ3) is 3.12. The lowest BCUT2D eigenvalue weighted by atomic mass is 9.89. The first-order chi connectivity index (χ1) is 8.64. The predicted octanol–water partition coefficient (Wildman–Crippen LogP) is 2.85. The summed E-state index contributed by atoms with van der Waals surface area (Å²) in [4.78, 5) is 2.61. The number of nitrogens with one attached hydrogen (secondary N) is 1. The molecule has 0 spiro atoms. The number of hydrogen-bond donors (Lipinski definition) is 1. The molecule has 0 radical (unpaired) electrons. The average Bonchev–Trinajstić information content (AvgIpc) is 2.40. The predicted molar refractivity (Wildman–Crippen MR) is 77.7 cm³/mol. The van der Waals surface area contributed by atoms with E-state index in [9.17, 15) is 0 Å². The zero-order chi connectivity index (χ0) is 13.0. The van der Waals surface area contributed by atoms with Crippen LogP contribution >= 0.6 is 0 Å². The molecule has 1 saturated heterocycles. The van der Waals surface area contributed by atoms with E-state index in [-0.39, 0.29) is 5.54 Å². The third-order valence-electron chi connectivity index (χ3n) is 4.16. The Labute approximate surface area is 111 Å². The van der Waals surface area contributed by atoms with Gasteiger partial charge in [0.15, 0.2) is 0 Å². The Morgan fingerprint density at radius 3 is 2.72 bits per heavy atom. The van der Waals surface area contributed by atoms with E-state index >= 15 is 0 Å². The van der Waals surface area contributed by atoms with Gasteiger partial charge in [0, 0.05) is 26.2 Å². The second-order valence-electron chi connectivity index (χ2n) is 5.87. The van der Waals surface area contributed by atoms with Crippen molar-refractivity contribution in [3.63, 3.8) is 0 Å². The van der Waals surface area contributed by atoms with Crippen LogP contribution in [0.3, 0.4) is 0 Å². The molecule has 0 saturated carbocycles. The standard InChI is InChI=1S/C16H26N2/c1-4-14(2)12-18-11-10-17-16(3,13-18)15-8-6-5-7-9-15/h5-9,14,17H,4,10-13H2,1-3H3. The molecule has 1 heterocycles. The minimum absolute atomic E-state index is 0.104. The van der Waals surface area contributed by atoms with E-state index in [0.717, 1.165) is 19.0 Å². The molecule has 1 fully saturated rings. The number of hydrogen-bond acceptors (Lipinski definition) is 2. The van der Waals surface area contributed by atoms with E-state index in [1.54, 1.807) is 0 Å². The van der Waals surface area contributed by atoms with Crippen molar-refractivity contribution in [1.82, 2.24) is 10.2 Å². The molecule has 2 unspecified atom stereocenters. The molecule has 0 aromatic heterocycles. The van der Waals surface area contributed by atoms with Crippen LogP contribution in [0, 0.1) is 5.92 Å². The molecule has 1 aliphatic heterocycles. The van der Waals surface area contributed by atoms with Crippen molar-refractivity contribution in [3.05, 3.63) is 35.9 Å². The van der Waals surface area contributed by atoms with Crippen molar-refractivity contribution in [2.75, 3.05) is 26.2 Å². The normalized spacial score (nSPS) is 27.1. The molecule has 18 heavy (non-hydrogen) atoms. The van der Waals surface area contributed by atoms with Gasteiger partial charge in [-0.15, -0.1) is 0 Å². The molecule has 2 heteroatoms. The van der Waals surface area contributed by atoms with E-state index in [1.165, 1.54) is 25.1 Å². The van der Waals surface area contributed by atoms with Crippen LogP contribution in [-0.2, 0) is 5.54 Å². The highest BCUT2D eigenvalue weighted by Crippen LogP contribution is 2.24. The molecule has 1 aliphatic rings. The molecule has 2 rings (SSSR count). The summed E-state index contributed by atoms with van der Waals surface area (Å²) < 4.78 is 0. The van der Waals surface area contributed by atoms with Crippen LogP contribution in [-0.4, -0.2) is 31.1 Å². The quantitative estimate of drug-likeness (QED) is 0.879. The first kappa shape index (κ1) is 13.6. The van der Waals surface area contributed by atoms with Gasteiger partial charge in [0.05, 0.1) is 5.54 Å². The summed E-state index contributed by atoms with van der Waals surface area (Å²) in [5.41, 5.74) is 1.51. The Morgan fingerprint density at radius 2 is 2.06 bits per heavy atom. The minimum Gasteiger partial charge on any atom is -0.305 e. The highest BCUT2D eigenvalue weighted by molar-refractivity contribution is 5.24. The van der Waals surface area contributed by atoms with E-state index < -0.39 is 0 Å². The van der Waals surface area contributed by atoms with Crippen molar-refractivity contribution >= 4 is 0 Å². The molecule has 0 aliphatic carbocycles. The molecule has 0 amide bonds. The minimum atomic E-state index is 0.104. The maximum absolute atomic E-state index is 3.69. The van der Waals surface area contributed by atoms with Gasteiger partial charge in [-0.05, 0) is 18.4 Å². The first-order valence-corrected chi connectivity index (χ1v) is 7.17. The van der Waals surface area contributed by atoms with E-state index in [0.29, 0.717) is 0 Å². The molecule has 0 bridgehead atoms. The van der Waals surface area contributed by atoms with Crippen molar-refractivity contribution in [2.24, 2.45) is 5.92 Å². The van der Waals surface area contributed by atoms with Crippen molar-refractivity contribution in [3.8, 4) is 0 Å². The molecule has 1 aromatic rings. The third-order valence-corrected chi connectivity index (χ3v) is 4.16. The van der Waals surface area contributed by atoms with Gasteiger partial charge >= 0.3 is 0 Å². The second kappa shape index (κ2) is 5.85. The largest absolute Gasteiger partial charge is 0.305 e. The van der Waals surface area contributed by atoms with Gasteiger partial charge in [-0.2, -0.15) is 0 Å². The van der Waals surface area contributed by atoms with E-state index in [4.69, 9.17) is 0 Å². The number of piperazine rings is 1. The Hall–Kier alpha value is -0.860. The van der Waals surface area contributed by atoms with Crippen LogP contribution < -0.4 is 5.32 Å². The molecular weight excluding hydrogens is 220 g/mol. The summed E-state index contributed by atoms with van der Waals surface area (Å²) in [6.07, 6.45) is 1.27.